The number of Topliss-reactive ketones (excluding diaryl/α,β-unsaturated/α-hetero) is 1. The van der Waals surface area contributed by atoms with E-state index in [4.69, 9.17) is 4.42 Å². The molecule has 0 bridgehead atoms. The van der Waals surface area contributed by atoms with Gasteiger partial charge in [0.05, 0.1) is 11.2 Å². The third kappa shape index (κ3) is 2.47. The molecule has 0 aliphatic heterocycles. The lowest BCUT2D eigenvalue weighted by Gasteiger charge is -2.56. The van der Waals surface area contributed by atoms with Crippen molar-refractivity contribution < 1.29 is 14.3 Å². The van der Waals surface area contributed by atoms with E-state index in [1.807, 2.05) is 24.3 Å². The summed E-state index contributed by atoms with van der Waals surface area (Å²) in [4.78, 5) is 13.8. The second-order valence-corrected chi connectivity index (χ2v) is 12.0. The minimum atomic E-state index is -0.282. The summed E-state index contributed by atoms with van der Waals surface area (Å²) in [6.45, 7) is 2.44. The molecule has 5 aliphatic rings. The van der Waals surface area contributed by atoms with Crippen LogP contribution in [0, 0.1) is 46.8 Å². The Hall–Kier alpha value is -1.61. The van der Waals surface area contributed by atoms with Crippen LogP contribution in [0.15, 0.2) is 34.9 Å². The van der Waals surface area contributed by atoms with Crippen molar-refractivity contribution in [2.24, 2.45) is 46.8 Å². The maximum absolute atomic E-state index is 13.8. The zero-order valence-corrected chi connectivity index (χ0v) is 18.6. The van der Waals surface area contributed by atoms with Crippen molar-refractivity contribution in [2.45, 2.75) is 70.3 Å². The average molecular weight is 419 g/mol. The van der Waals surface area contributed by atoms with Crippen LogP contribution < -0.4 is 0 Å². The van der Waals surface area contributed by atoms with Gasteiger partial charge in [0.1, 0.15) is 11.8 Å². The Morgan fingerprint density at radius 3 is 2.52 bits per heavy atom. The number of hydrogen-bond acceptors (Lipinski definition) is 3. The number of para-hydroxylation sites is 1. The molecule has 1 N–H and O–H groups in total. The molecule has 164 valence electrons. The number of ketones is 1. The van der Waals surface area contributed by atoms with Crippen LogP contribution in [-0.4, -0.2) is 16.5 Å². The molecular formula is C28H34O3. The first-order valence-corrected chi connectivity index (χ1v) is 12.7. The number of furan rings is 1. The second kappa shape index (κ2) is 6.25. The molecule has 0 saturated heterocycles. The number of rotatable bonds is 2. The SMILES string of the molecule is C[C@]12CC[C@@H]3[C@H]4CC[C@]5(O)CC5[C@H]4CC[C@H]3[C@@H]1CC[C@@H]2C(=O)c1coc2ccccc12. The molecule has 3 heteroatoms. The van der Waals surface area contributed by atoms with E-state index in [0.717, 1.165) is 59.5 Å². The highest BCUT2D eigenvalue weighted by Crippen LogP contribution is 2.69. The number of benzene rings is 1. The van der Waals surface area contributed by atoms with Gasteiger partial charge in [-0.3, -0.25) is 4.79 Å². The Morgan fingerprint density at radius 1 is 0.935 bits per heavy atom. The molecule has 0 spiro atoms. The average Bonchev–Trinajstić information content (AvgIpc) is 3.13. The quantitative estimate of drug-likeness (QED) is 0.587. The highest BCUT2D eigenvalue weighted by atomic mass is 16.3. The van der Waals surface area contributed by atoms with E-state index in [0.29, 0.717) is 17.6 Å². The minimum absolute atomic E-state index is 0.136. The summed E-state index contributed by atoms with van der Waals surface area (Å²) in [5.41, 5.74) is 1.48. The van der Waals surface area contributed by atoms with Gasteiger partial charge < -0.3 is 9.52 Å². The molecule has 1 unspecified atom stereocenters. The summed E-state index contributed by atoms with van der Waals surface area (Å²) < 4.78 is 5.72. The Kier molecular flexibility index (Phi) is 3.81. The van der Waals surface area contributed by atoms with Crippen LogP contribution in [0.5, 0.6) is 0 Å². The largest absolute Gasteiger partial charge is 0.464 e. The van der Waals surface area contributed by atoms with E-state index in [-0.39, 0.29) is 16.9 Å². The Balaban J connectivity index is 1.16. The first kappa shape index (κ1) is 18.9. The normalized spacial score (nSPS) is 47.9. The molecule has 0 amide bonds. The molecule has 1 aromatic heterocycles. The zero-order valence-electron chi connectivity index (χ0n) is 18.6. The van der Waals surface area contributed by atoms with Gasteiger partial charge >= 0.3 is 0 Å². The Morgan fingerprint density at radius 2 is 1.68 bits per heavy atom. The molecular weight excluding hydrogens is 384 g/mol. The monoisotopic (exact) mass is 418 g/mol. The van der Waals surface area contributed by atoms with Gasteiger partial charge in [-0.15, -0.1) is 0 Å². The molecule has 3 nitrogen and oxygen atoms in total. The fraction of sp³-hybridized carbons (Fsp3) is 0.679. The van der Waals surface area contributed by atoms with Crippen LogP contribution in [0.3, 0.4) is 0 Å². The number of carbonyl (C=O) groups is 1. The van der Waals surface area contributed by atoms with Crippen LogP contribution in [0.25, 0.3) is 11.0 Å². The van der Waals surface area contributed by atoms with Crippen molar-refractivity contribution in [3.05, 3.63) is 36.1 Å². The Bertz CT molecular complexity index is 1050. The van der Waals surface area contributed by atoms with Gasteiger partial charge in [-0.1, -0.05) is 25.1 Å². The molecule has 1 aromatic carbocycles. The predicted octanol–water partition coefficient (Wildman–Crippen LogP) is 6.25. The lowest BCUT2D eigenvalue weighted by molar-refractivity contribution is -0.0764. The lowest BCUT2D eigenvalue weighted by Crippen LogP contribution is -2.50. The van der Waals surface area contributed by atoms with Gasteiger partial charge in [0.2, 0.25) is 0 Å². The number of aliphatic hydroxyl groups is 1. The summed E-state index contributed by atoms with van der Waals surface area (Å²) in [7, 11) is 0. The summed E-state index contributed by atoms with van der Waals surface area (Å²) in [6, 6.07) is 7.96. The lowest BCUT2D eigenvalue weighted by atomic mass is 9.49. The molecule has 5 fully saturated rings. The maximum atomic E-state index is 13.8. The molecule has 2 aromatic rings. The van der Waals surface area contributed by atoms with Crippen molar-refractivity contribution in [1.29, 1.82) is 0 Å². The third-order valence-corrected chi connectivity index (χ3v) is 11.0. The van der Waals surface area contributed by atoms with Gasteiger partial charge in [0.25, 0.3) is 0 Å². The van der Waals surface area contributed by atoms with Gasteiger partial charge in [-0.05, 0) is 105 Å². The molecule has 9 atom stereocenters. The van der Waals surface area contributed by atoms with E-state index in [1.165, 1.54) is 38.5 Å². The highest BCUT2D eigenvalue weighted by Gasteiger charge is 2.65. The topological polar surface area (TPSA) is 50.4 Å². The van der Waals surface area contributed by atoms with Crippen LogP contribution in [0.2, 0.25) is 0 Å². The molecule has 31 heavy (non-hydrogen) atoms. The minimum Gasteiger partial charge on any atom is -0.464 e. The van der Waals surface area contributed by atoms with E-state index in [9.17, 15) is 9.90 Å². The van der Waals surface area contributed by atoms with Crippen LogP contribution in [-0.2, 0) is 0 Å². The predicted molar refractivity (Wildman–Crippen MR) is 120 cm³/mol. The fourth-order valence-electron chi connectivity index (χ4n) is 9.47. The van der Waals surface area contributed by atoms with Gasteiger partial charge in [-0.25, -0.2) is 0 Å². The Labute approximate surface area is 184 Å². The van der Waals surface area contributed by atoms with Crippen LogP contribution in [0.1, 0.15) is 75.1 Å². The summed E-state index contributed by atoms with van der Waals surface area (Å²) in [6.07, 6.45) is 12.5. The summed E-state index contributed by atoms with van der Waals surface area (Å²) >= 11 is 0. The molecule has 7 rings (SSSR count). The first-order valence-electron chi connectivity index (χ1n) is 12.7. The van der Waals surface area contributed by atoms with E-state index in [2.05, 4.69) is 6.92 Å². The zero-order chi connectivity index (χ0) is 21.0. The van der Waals surface area contributed by atoms with E-state index >= 15 is 0 Å². The van der Waals surface area contributed by atoms with Crippen molar-refractivity contribution >= 4 is 16.8 Å². The molecule has 0 radical (unpaired) electrons. The fourth-order valence-corrected chi connectivity index (χ4v) is 9.47. The summed E-state index contributed by atoms with van der Waals surface area (Å²) in [5.74, 6) is 5.01. The number of fused-ring (bicyclic) bond motifs is 8. The smallest absolute Gasteiger partial charge is 0.170 e. The van der Waals surface area contributed by atoms with Gasteiger partial charge in [-0.2, -0.15) is 0 Å². The number of carbonyl (C=O) groups excluding carboxylic acids is 1. The van der Waals surface area contributed by atoms with Gasteiger partial charge in [0, 0.05) is 11.3 Å². The summed E-state index contributed by atoms with van der Waals surface area (Å²) in [5, 5.41) is 11.7. The molecule has 5 aliphatic carbocycles. The molecule has 5 saturated carbocycles. The number of hydrogen-bond donors (Lipinski definition) is 1. The van der Waals surface area contributed by atoms with Crippen LogP contribution in [0.4, 0.5) is 0 Å². The second-order valence-electron chi connectivity index (χ2n) is 12.0. The third-order valence-electron chi connectivity index (χ3n) is 11.0. The van der Waals surface area contributed by atoms with Crippen LogP contribution >= 0.6 is 0 Å². The van der Waals surface area contributed by atoms with E-state index in [1.54, 1.807) is 6.26 Å². The van der Waals surface area contributed by atoms with Crippen molar-refractivity contribution in [2.75, 3.05) is 0 Å². The molecule has 1 heterocycles. The van der Waals surface area contributed by atoms with Crippen molar-refractivity contribution in [1.82, 2.24) is 0 Å². The van der Waals surface area contributed by atoms with Crippen molar-refractivity contribution in [3.63, 3.8) is 0 Å². The standard InChI is InChI=1S/C28H34O3/c1-27-12-10-16-17-11-13-28(30)14-24(28)19(17)7-6-18(16)22(27)8-9-23(27)26(29)21-15-31-25-5-3-2-4-20(21)25/h2-5,15-19,22-24,30H,6-14H2,1H3/t16-,17-,18-,19+,22+,23-,24?,27+,28+/m1/s1. The highest BCUT2D eigenvalue weighted by molar-refractivity contribution is 6.08. The van der Waals surface area contributed by atoms with E-state index < -0.39 is 0 Å². The van der Waals surface area contributed by atoms with Gasteiger partial charge in [0.15, 0.2) is 5.78 Å². The van der Waals surface area contributed by atoms with Crippen molar-refractivity contribution in [3.8, 4) is 0 Å². The first-order chi connectivity index (χ1) is 15.0. The maximum Gasteiger partial charge on any atom is 0.170 e.